The summed E-state index contributed by atoms with van der Waals surface area (Å²) in [6, 6.07) is 5.82. The van der Waals surface area contributed by atoms with Gasteiger partial charge >= 0.3 is 0 Å². The Morgan fingerprint density at radius 2 is 1.88 bits per heavy atom. The Hall–Kier alpha value is -2.47. The molecule has 0 saturated heterocycles. The number of aromatic nitrogens is 3. The molecule has 25 heavy (non-hydrogen) atoms. The molecule has 4 N–H and O–H groups in total. The van der Waals surface area contributed by atoms with E-state index in [1.807, 2.05) is 19.2 Å². The average Bonchev–Trinajstić information content (AvgIpc) is 2.96. The molecule has 1 fully saturated rings. The quantitative estimate of drug-likeness (QED) is 0.748. The van der Waals surface area contributed by atoms with E-state index in [1.54, 1.807) is 6.07 Å². The van der Waals surface area contributed by atoms with Crippen LogP contribution >= 0.6 is 0 Å². The molecule has 0 bridgehead atoms. The number of hydrogen-bond acceptors (Lipinski definition) is 4. The number of nitrogens with two attached hydrogens (primary N) is 2. The molecule has 0 radical (unpaired) electrons. The number of nitrogens with zero attached hydrogens (tertiary/aromatic N) is 3. The third kappa shape index (κ3) is 2.76. The molecule has 2 aromatic heterocycles. The Morgan fingerprint density at radius 3 is 2.60 bits per heavy atom. The van der Waals surface area contributed by atoms with E-state index >= 15 is 0 Å². The van der Waals surface area contributed by atoms with Gasteiger partial charge in [0, 0.05) is 29.4 Å². The first-order valence-electron chi connectivity index (χ1n) is 8.67. The van der Waals surface area contributed by atoms with Crippen molar-refractivity contribution in [1.29, 1.82) is 0 Å². The lowest BCUT2D eigenvalue weighted by Gasteiger charge is -2.27. The largest absolute Gasteiger partial charge is 0.383 e. The molecule has 130 valence electrons. The zero-order valence-corrected chi connectivity index (χ0v) is 14.2. The molecule has 1 aromatic carbocycles. The standard InChI is InChI=1S/C19H22FN5/c1-11-2-7-14(16(20)8-11)15-9-25(13-5-3-12(21)4-6-13)19-17(15)18(22)23-10-24-19/h2,7-10,12-13H,3-6,21H2,1H3,(H2,22,23,24). The maximum atomic E-state index is 14.6. The van der Waals surface area contributed by atoms with Crippen molar-refractivity contribution in [3.63, 3.8) is 0 Å². The number of aryl methyl sites for hydroxylation is 1. The zero-order chi connectivity index (χ0) is 17.6. The van der Waals surface area contributed by atoms with E-state index in [0.29, 0.717) is 17.4 Å². The van der Waals surface area contributed by atoms with E-state index < -0.39 is 0 Å². The molecule has 1 aliphatic rings. The minimum Gasteiger partial charge on any atom is -0.383 e. The highest BCUT2D eigenvalue weighted by Gasteiger charge is 2.25. The van der Waals surface area contributed by atoms with Gasteiger partial charge in [0.05, 0.1) is 5.39 Å². The molecule has 1 aliphatic carbocycles. The Labute approximate surface area is 145 Å². The van der Waals surface area contributed by atoms with Crippen LogP contribution in [0.3, 0.4) is 0 Å². The van der Waals surface area contributed by atoms with Gasteiger partial charge in [-0.15, -0.1) is 0 Å². The monoisotopic (exact) mass is 339 g/mol. The molecular weight excluding hydrogens is 317 g/mol. The Morgan fingerprint density at radius 1 is 1.12 bits per heavy atom. The van der Waals surface area contributed by atoms with Crippen LogP contribution < -0.4 is 11.5 Å². The molecule has 3 aromatic rings. The van der Waals surface area contributed by atoms with Gasteiger partial charge in [0.1, 0.15) is 23.6 Å². The molecular formula is C19H22FN5. The second kappa shape index (κ2) is 6.11. The average molecular weight is 339 g/mol. The summed E-state index contributed by atoms with van der Waals surface area (Å²) < 4.78 is 16.7. The van der Waals surface area contributed by atoms with Crippen molar-refractivity contribution in [2.45, 2.75) is 44.7 Å². The number of rotatable bonds is 2. The number of anilines is 1. The molecule has 0 aliphatic heterocycles. The normalized spacial score (nSPS) is 20.9. The van der Waals surface area contributed by atoms with Crippen molar-refractivity contribution >= 4 is 16.9 Å². The summed E-state index contributed by atoms with van der Waals surface area (Å²) in [7, 11) is 0. The number of fused-ring (bicyclic) bond motifs is 1. The molecule has 0 amide bonds. The first-order valence-corrected chi connectivity index (χ1v) is 8.67. The number of nitrogen functional groups attached to an aromatic ring is 1. The van der Waals surface area contributed by atoms with Gasteiger partial charge in [0.15, 0.2) is 0 Å². The SMILES string of the molecule is Cc1ccc(-c2cn(C3CCC(N)CC3)c3ncnc(N)c23)c(F)c1. The van der Waals surface area contributed by atoms with Crippen LogP contribution in [0.2, 0.25) is 0 Å². The highest BCUT2D eigenvalue weighted by Crippen LogP contribution is 2.38. The fraction of sp³-hybridized carbons (Fsp3) is 0.368. The Balaban J connectivity index is 1.90. The van der Waals surface area contributed by atoms with Gasteiger partial charge < -0.3 is 16.0 Å². The topological polar surface area (TPSA) is 82.8 Å². The second-order valence-electron chi connectivity index (χ2n) is 6.96. The molecule has 5 nitrogen and oxygen atoms in total. The van der Waals surface area contributed by atoms with Gasteiger partial charge in [0.2, 0.25) is 0 Å². The molecule has 0 spiro atoms. The third-order valence-corrected chi connectivity index (χ3v) is 5.19. The van der Waals surface area contributed by atoms with E-state index in [-0.39, 0.29) is 11.9 Å². The van der Waals surface area contributed by atoms with Crippen LogP contribution in [-0.2, 0) is 0 Å². The minimum absolute atomic E-state index is 0.257. The van der Waals surface area contributed by atoms with Gasteiger partial charge in [-0.1, -0.05) is 12.1 Å². The summed E-state index contributed by atoms with van der Waals surface area (Å²) in [5, 5.41) is 0.722. The predicted molar refractivity (Wildman–Crippen MR) is 97.6 cm³/mol. The predicted octanol–water partition coefficient (Wildman–Crippen LogP) is 3.57. The van der Waals surface area contributed by atoms with Crippen LogP contribution in [0.4, 0.5) is 10.2 Å². The summed E-state index contributed by atoms with van der Waals surface area (Å²) in [6.45, 7) is 1.87. The minimum atomic E-state index is -0.257. The first kappa shape index (κ1) is 16.0. The lowest BCUT2D eigenvalue weighted by Crippen LogP contribution is -2.27. The smallest absolute Gasteiger partial charge is 0.146 e. The van der Waals surface area contributed by atoms with Gasteiger partial charge in [-0.05, 0) is 44.2 Å². The van der Waals surface area contributed by atoms with Crippen LogP contribution in [0.25, 0.3) is 22.2 Å². The van der Waals surface area contributed by atoms with Crippen LogP contribution in [0.15, 0.2) is 30.7 Å². The van der Waals surface area contributed by atoms with Crippen LogP contribution in [-0.4, -0.2) is 20.6 Å². The molecule has 1 saturated carbocycles. The van der Waals surface area contributed by atoms with E-state index in [1.165, 1.54) is 12.4 Å². The van der Waals surface area contributed by atoms with Crippen molar-refractivity contribution in [2.75, 3.05) is 5.73 Å². The molecule has 0 unspecified atom stereocenters. The molecule has 2 heterocycles. The van der Waals surface area contributed by atoms with Crippen molar-refractivity contribution in [1.82, 2.24) is 14.5 Å². The second-order valence-corrected chi connectivity index (χ2v) is 6.96. The van der Waals surface area contributed by atoms with Gasteiger partial charge in [-0.2, -0.15) is 0 Å². The molecule has 4 rings (SSSR count). The van der Waals surface area contributed by atoms with Crippen molar-refractivity contribution in [3.05, 3.63) is 42.1 Å². The summed E-state index contributed by atoms with van der Waals surface area (Å²) >= 11 is 0. The number of hydrogen-bond donors (Lipinski definition) is 2. The lowest BCUT2D eigenvalue weighted by atomic mass is 9.92. The number of benzene rings is 1. The summed E-state index contributed by atoms with van der Waals surface area (Å²) in [4.78, 5) is 8.57. The van der Waals surface area contributed by atoms with E-state index in [2.05, 4.69) is 14.5 Å². The highest BCUT2D eigenvalue weighted by molar-refractivity contribution is 6.00. The van der Waals surface area contributed by atoms with Gasteiger partial charge in [0.25, 0.3) is 0 Å². The van der Waals surface area contributed by atoms with Crippen LogP contribution in [0.1, 0.15) is 37.3 Å². The van der Waals surface area contributed by atoms with E-state index in [4.69, 9.17) is 11.5 Å². The van der Waals surface area contributed by atoms with Crippen molar-refractivity contribution in [3.8, 4) is 11.1 Å². The van der Waals surface area contributed by atoms with E-state index in [9.17, 15) is 4.39 Å². The lowest BCUT2D eigenvalue weighted by molar-refractivity contribution is 0.329. The first-order chi connectivity index (χ1) is 12.0. The number of halogens is 1. The fourth-order valence-corrected chi connectivity index (χ4v) is 3.81. The Kier molecular flexibility index (Phi) is 3.92. The summed E-state index contributed by atoms with van der Waals surface area (Å²) in [5.74, 6) is 0.124. The fourth-order valence-electron chi connectivity index (χ4n) is 3.81. The van der Waals surface area contributed by atoms with Gasteiger partial charge in [-0.25, -0.2) is 14.4 Å². The third-order valence-electron chi connectivity index (χ3n) is 5.19. The van der Waals surface area contributed by atoms with Crippen molar-refractivity contribution < 1.29 is 4.39 Å². The van der Waals surface area contributed by atoms with Crippen LogP contribution in [0, 0.1) is 12.7 Å². The maximum Gasteiger partial charge on any atom is 0.146 e. The molecule has 6 heteroatoms. The summed E-state index contributed by atoms with van der Waals surface area (Å²) in [6.07, 6.45) is 7.40. The van der Waals surface area contributed by atoms with Crippen LogP contribution in [0.5, 0.6) is 0 Å². The zero-order valence-electron chi connectivity index (χ0n) is 14.2. The van der Waals surface area contributed by atoms with E-state index in [0.717, 1.165) is 47.8 Å². The molecule has 0 atom stereocenters. The maximum absolute atomic E-state index is 14.6. The highest BCUT2D eigenvalue weighted by atomic mass is 19.1. The van der Waals surface area contributed by atoms with Crippen molar-refractivity contribution in [2.24, 2.45) is 5.73 Å². The Bertz CT molecular complexity index is 925. The summed E-state index contributed by atoms with van der Waals surface area (Å²) in [5.41, 5.74) is 15.1. The van der Waals surface area contributed by atoms with Gasteiger partial charge in [-0.3, -0.25) is 0 Å².